The topological polar surface area (TPSA) is 140 Å². The molecule has 4 rings (SSSR count). The fraction of sp³-hybridized carbons (Fsp3) is 0.111. The van der Waals surface area contributed by atoms with Crippen molar-refractivity contribution in [2.75, 3.05) is 18.5 Å². The number of anilines is 1. The number of nitro benzene ring substituents is 1. The first-order chi connectivity index (χ1) is 18.4. The van der Waals surface area contributed by atoms with Crippen LogP contribution >= 0.6 is 11.3 Å². The van der Waals surface area contributed by atoms with E-state index in [2.05, 4.69) is 15.5 Å². The molecule has 0 radical (unpaired) electrons. The van der Waals surface area contributed by atoms with Gasteiger partial charge in [0.15, 0.2) is 5.01 Å². The molecule has 0 aliphatic heterocycles. The van der Waals surface area contributed by atoms with E-state index in [0.29, 0.717) is 22.6 Å². The van der Waals surface area contributed by atoms with Crippen molar-refractivity contribution in [2.24, 2.45) is 0 Å². The third-order valence-corrected chi connectivity index (χ3v) is 6.01. The van der Waals surface area contributed by atoms with Crippen LogP contribution < -0.4 is 14.8 Å². The maximum Gasteiger partial charge on any atom is 0.270 e. The number of aromatic nitrogens is 2. The lowest BCUT2D eigenvalue weighted by molar-refractivity contribution is -0.384. The molecule has 190 valence electrons. The Hall–Kier alpha value is -5.08. The normalized spacial score (nSPS) is 10.9. The van der Waals surface area contributed by atoms with Crippen LogP contribution in [0.3, 0.4) is 0 Å². The molecule has 1 aromatic heterocycles. The molecule has 0 spiro atoms. The van der Waals surface area contributed by atoms with E-state index < -0.39 is 4.92 Å². The molecule has 1 N–H and O–H groups in total. The number of nitrogens with one attached hydrogen (secondary N) is 1. The largest absolute Gasteiger partial charge is 0.490 e. The summed E-state index contributed by atoms with van der Waals surface area (Å²) >= 11 is 1.00. The number of nitrogens with zero attached hydrogens (tertiary/aromatic N) is 4. The molecule has 38 heavy (non-hydrogen) atoms. The van der Waals surface area contributed by atoms with Gasteiger partial charge >= 0.3 is 0 Å². The summed E-state index contributed by atoms with van der Waals surface area (Å²) in [5.41, 5.74) is 1.77. The van der Waals surface area contributed by atoms with Crippen molar-refractivity contribution in [3.63, 3.8) is 0 Å². The fourth-order valence-corrected chi connectivity index (χ4v) is 4.05. The second kappa shape index (κ2) is 12.2. The molecular weight excluding hydrogens is 506 g/mol. The standard InChI is InChI=1S/C27H21N5O5S/c1-18-6-5-9-23(14-18)36-12-13-37-24-11-10-22(32(34)35)16-20(24)15-21(17-28)26-30-31-27(38-26)29-25(33)19-7-3-2-4-8-19/h2-11,14-16H,12-13H2,1H3,(H,29,31,33)/b21-15+. The SMILES string of the molecule is Cc1cccc(OCCOc2ccc([N+](=O)[O-])cc2/C=C(\C#N)c2nnc(NC(=O)c3ccccc3)s2)c1. The Balaban J connectivity index is 1.51. The minimum atomic E-state index is -0.532. The van der Waals surface area contributed by atoms with Crippen LogP contribution in [0, 0.1) is 28.4 Å². The van der Waals surface area contributed by atoms with Crippen molar-refractivity contribution in [3.05, 3.63) is 105 Å². The molecule has 1 heterocycles. The molecule has 11 heteroatoms. The van der Waals surface area contributed by atoms with Crippen LogP contribution in [-0.4, -0.2) is 34.2 Å². The highest BCUT2D eigenvalue weighted by atomic mass is 32.1. The average Bonchev–Trinajstić information content (AvgIpc) is 3.38. The molecule has 0 saturated carbocycles. The number of carbonyl (C=O) groups is 1. The molecule has 0 atom stereocenters. The van der Waals surface area contributed by atoms with Crippen LogP contribution in [0.15, 0.2) is 72.8 Å². The summed E-state index contributed by atoms with van der Waals surface area (Å²) in [6.45, 7) is 2.38. The quantitative estimate of drug-likeness (QED) is 0.123. The van der Waals surface area contributed by atoms with Gasteiger partial charge in [-0.25, -0.2) is 0 Å². The summed E-state index contributed by atoms with van der Waals surface area (Å²) in [7, 11) is 0. The number of hydrogen-bond donors (Lipinski definition) is 1. The van der Waals surface area contributed by atoms with Gasteiger partial charge in [-0.1, -0.05) is 41.7 Å². The number of allylic oxidation sites excluding steroid dienone is 1. The zero-order valence-corrected chi connectivity index (χ0v) is 21.0. The van der Waals surface area contributed by atoms with E-state index in [1.807, 2.05) is 37.3 Å². The first kappa shape index (κ1) is 26.0. The van der Waals surface area contributed by atoms with Gasteiger partial charge < -0.3 is 9.47 Å². The van der Waals surface area contributed by atoms with Crippen molar-refractivity contribution >= 4 is 39.7 Å². The van der Waals surface area contributed by atoms with Crippen molar-refractivity contribution in [3.8, 4) is 17.6 Å². The highest BCUT2D eigenvalue weighted by Gasteiger charge is 2.16. The second-order valence-corrected chi connectivity index (χ2v) is 8.87. The molecule has 0 unspecified atom stereocenters. The third-order valence-electron chi connectivity index (χ3n) is 5.14. The van der Waals surface area contributed by atoms with E-state index in [1.165, 1.54) is 24.3 Å². The summed E-state index contributed by atoms with van der Waals surface area (Å²) in [5.74, 6) is 0.673. The molecule has 4 aromatic rings. The van der Waals surface area contributed by atoms with E-state index >= 15 is 0 Å². The minimum Gasteiger partial charge on any atom is -0.490 e. The smallest absolute Gasteiger partial charge is 0.270 e. The van der Waals surface area contributed by atoms with Crippen LogP contribution in [0.4, 0.5) is 10.8 Å². The van der Waals surface area contributed by atoms with Gasteiger partial charge in [0.2, 0.25) is 5.13 Å². The number of non-ortho nitro benzene ring substituents is 1. The minimum absolute atomic E-state index is 0.101. The van der Waals surface area contributed by atoms with E-state index in [1.54, 1.807) is 30.3 Å². The highest BCUT2D eigenvalue weighted by molar-refractivity contribution is 7.16. The van der Waals surface area contributed by atoms with Crippen molar-refractivity contribution in [1.29, 1.82) is 5.26 Å². The van der Waals surface area contributed by atoms with Crippen molar-refractivity contribution < 1.29 is 19.2 Å². The zero-order chi connectivity index (χ0) is 26.9. The second-order valence-electron chi connectivity index (χ2n) is 7.90. The summed E-state index contributed by atoms with van der Waals surface area (Å²) < 4.78 is 11.5. The predicted molar refractivity (Wildman–Crippen MR) is 143 cm³/mol. The number of benzene rings is 3. The predicted octanol–water partition coefficient (Wildman–Crippen LogP) is 5.53. The Bertz CT molecular complexity index is 1530. The summed E-state index contributed by atoms with van der Waals surface area (Å²) in [6.07, 6.45) is 1.44. The van der Waals surface area contributed by atoms with E-state index in [4.69, 9.17) is 9.47 Å². The molecule has 3 aromatic carbocycles. The lowest BCUT2D eigenvalue weighted by Crippen LogP contribution is -2.11. The molecule has 10 nitrogen and oxygen atoms in total. The summed E-state index contributed by atoms with van der Waals surface area (Å²) in [5, 5.41) is 32.2. The monoisotopic (exact) mass is 527 g/mol. The van der Waals surface area contributed by atoms with E-state index in [9.17, 15) is 20.2 Å². The third kappa shape index (κ3) is 6.77. The fourth-order valence-electron chi connectivity index (χ4n) is 3.35. The van der Waals surface area contributed by atoms with Gasteiger partial charge in [0.1, 0.15) is 30.8 Å². The Morgan fingerprint density at radius 2 is 1.87 bits per heavy atom. The lowest BCUT2D eigenvalue weighted by Gasteiger charge is -2.11. The Labute approximate surface area is 221 Å². The van der Waals surface area contributed by atoms with Gasteiger partial charge in [-0.05, 0) is 48.9 Å². The number of hydrogen-bond acceptors (Lipinski definition) is 9. The number of amides is 1. The van der Waals surface area contributed by atoms with Crippen LogP contribution in [0.5, 0.6) is 11.5 Å². The zero-order valence-electron chi connectivity index (χ0n) is 20.2. The molecule has 0 aliphatic rings. The molecular formula is C27H21N5O5S. The number of nitriles is 1. The van der Waals surface area contributed by atoms with Gasteiger partial charge in [0, 0.05) is 23.3 Å². The maximum absolute atomic E-state index is 12.4. The average molecular weight is 528 g/mol. The van der Waals surface area contributed by atoms with Gasteiger partial charge in [-0.3, -0.25) is 20.2 Å². The van der Waals surface area contributed by atoms with E-state index in [0.717, 1.165) is 16.9 Å². The number of ether oxygens (including phenoxy) is 2. The Kier molecular flexibility index (Phi) is 8.38. The number of rotatable bonds is 10. The van der Waals surface area contributed by atoms with Gasteiger partial charge in [-0.15, -0.1) is 10.2 Å². The first-order valence-electron chi connectivity index (χ1n) is 11.4. The summed E-state index contributed by atoms with van der Waals surface area (Å²) in [6, 6.07) is 22.3. The highest BCUT2D eigenvalue weighted by Crippen LogP contribution is 2.30. The Morgan fingerprint density at radius 3 is 2.61 bits per heavy atom. The Morgan fingerprint density at radius 1 is 1.08 bits per heavy atom. The van der Waals surface area contributed by atoms with Gasteiger partial charge in [0.05, 0.1) is 10.5 Å². The summed E-state index contributed by atoms with van der Waals surface area (Å²) in [4.78, 5) is 23.2. The molecule has 1 amide bonds. The number of carbonyl (C=O) groups excluding carboxylic acids is 1. The van der Waals surface area contributed by atoms with Crippen molar-refractivity contribution in [2.45, 2.75) is 6.92 Å². The van der Waals surface area contributed by atoms with E-state index in [-0.39, 0.29) is 40.5 Å². The maximum atomic E-state index is 12.4. The molecule has 0 fully saturated rings. The molecule has 0 bridgehead atoms. The van der Waals surface area contributed by atoms with Gasteiger partial charge in [-0.2, -0.15) is 5.26 Å². The lowest BCUT2D eigenvalue weighted by atomic mass is 10.1. The van der Waals surface area contributed by atoms with Gasteiger partial charge in [0.25, 0.3) is 11.6 Å². The van der Waals surface area contributed by atoms with Crippen LogP contribution in [0.1, 0.15) is 26.5 Å². The van der Waals surface area contributed by atoms with Crippen molar-refractivity contribution in [1.82, 2.24) is 10.2 Å². The molecule has 0 saturated heterocycles. The number of aryl methyl sites for hydroxylation is 1. The van der Waals surface area contributed by atoms with Crippen LogP contribution in [-0.2, 0) is 0 Å². The van der Waals surface area contributed by atoms with Crippen LogP contribution in [0.2, 0.25) is 0 Å². The first-order valence-corrected chi connectivity index (χ1v) is 12.2. The molecule has 0 aliphatic carbocycles. The van der Waals surface area contributed by atoms with Crippen LogP contribution in [0.25, 0.3) is 11.6 Å². The number of nitro groups is 1.